The van der Waals surface area contributed by atoms with Gasteiger partial charge in [0.2, 0.25) is 0 Å². The van der Waals surface area contributed by atoms with Crippen molar-refractivity contribution in [3.8, 4) is 11.3 Å². The van der Waals surface area contributed by atoms with Crippen molar-refractivity contribution in [2.45, 2.75) is 26.8 Å². The van der Waals surface area contributed by atoms with Gasteiger partial charge in [0.15, 0.2) is 0 Å². The van der Waals surface area contributed by atoms with Gasteiger partial charge in [-0.3, -0.25) is 9.48 Å². The Balaban J connectivity index is 0.00000280. The summed E-state index contributed by atoms with van der Waals surface area (Å²) in [5, 5.41) is 7.67. The molecule has 148 valence electrons. The smallest absolute Gasteiger partial charge is 0.255 e. The second kappa shape index (κ2) is 10.1. The van der Waals surface area contributed by atoms with Gasteiger partial charge in [-0.25, -0.2) is 0 Å². The van der Waals surface area contributed by atoms with Crippen LogP contribution in [-0.4, -0.2) is 28.8 Å². The van der Waals surface area contributed by atoms with Crippen molar-refractivity contribution in [3.05, 3.63) is 77.0 Å². The number of halogens is 1. The van der Waals surface area contributed by atoms with E-state index in [-0.39, 0.29) is 18.3 Å². The first-order valence-corrected chi connectivity index (χ1v) is 9.25. The fourth-order valence-electron chi connectivity index (χ4n) is 2.94. The highest BCUT2D eigenvalue weighted by atomic mass is 35.5. The van der Waals surface area contributed by atoms with Gasteiger partial charge in [0.05, 0.1) is 12.1 Å². The van der Waals surface area contributed by atoms with E-state index in [4.69, 9.17) is 10.8 Å². The number of benzene rings is 2. The van der Waals surface area contributed by atoms with Crippen molar-refractivity contribution in [2.75, 3.05) is 13.1 Å². The highest BCUT2D eigenvalue weighted by molar-refractivity contribution is 5.99. The molecule has 0 bridgehead atoms. The Kier molecular flexibility index (Phi) is 7.79. The van der Waals surface area contributed by atoms with E-state index in [0.29, 0.717) is 30.9 Å². The molecular weight excluding hydrogens is 372 g/mol. The minimum Gasteiger partial charge on any atom is -0.352 e. The van der Waals surface area contributed by atoms with Crippen LogP contribution in [0.25, 0.3) is 11.3 Å². The summed E-state index contributed by atoms with van der Waals surface area (Å²) in [6, 6.07) is 16.3. The fourth-order valence-corrected chi connectivity index (χ4v) is 2.94. The number of amides is 1. The van der Waals surface area contributed by atoms with Crippen LogP contribution in [0, 0.1) is 13.8 Å². The zero-order valence-corrected chi connectivity index (χ0v) is 17.1. The number of aryl methyl sites for hydroxylation is 2. The van der Waals surface area contributed by atoms with E-state index in [1.54, 1.807) is 0 Å². The molecule has 3 rings (SSSR count). The molecule has 1 heterocycles. The molecule has 0 aliphatic rings. The third kappa shape index (κ3) is 5.21. The molecule has 1 aromatic heterocycles. The normalized spacial score (nSPS) is 10.4. The zero-order chi connectivity index (χ0) is 19.2. The van der Waals surface area contributed by atoms with Crippen LogP contribution in [0.5, 0.6) is 0 Å². The maximum Gasteiger partial charge on any atom is 0.255 e. The predicted molar refractivity (Wildman–Crippen MR) is 116 cm³/mol. The average Bonchev–Trinajstić information content (AvgIpc) is 3.09. The van der Waals surface area contributed by atoms with E-state index in [2.05, 4.69) is 43.4 Å². The van der Waals surface area contributed by atoms with Crippen molar-refractivity contribution >= 4 is 18.3 Å². The van der Waals surface area contributed by atoms with Crippen LogP contribution < -0.4 is 11.1 Å². The highest BCUT2D eigenvalue weighted by Crippen LogP contribution is 2.25. The Labute approximate surface area is 172 Å². The quantitative estimate of drug-likeness (QED) is 0.596. The molecule has 3 aromatic rings. The molecule has 28 heavy (non-hydrogen) atoms. The summed E-state index contributed by atoms with van der Waals surface area (Å²) in [6.45, 7) is 5.88. The molecule has 2 aromatic carbocycles. The summed E-state index contributed by atoms with van der Waals surface area (Å²) in [6.07, 6.45) is 2.58. The molecule has 6 heteroatoms. The van der Waals surface area contributed by atoms with Gasteiger partial charge in [-0.05, 0) is 49.6 Å². The van der Waals surface area contributed by atoms with E-state index in [0.717, 1.165) is 17.5 Å². The predicted octanol–water partition coefficient (Wildman–Crippen LogP) is 3.72. The van der Waals surface area contributed by atoms with Crippen LogP contribution in [0.3, 0.4) is 0 Å². The van der Waals surface area contributed by atoms with E-state index in [9.17, 15) is 4.79 Å². The van der Waals surface area contributed by atoms with Gasteiger partial charge in [-0.2, -0.15) is 5.10 Å². The van der Waals surface area contributed by atoms with Crippen LogP contribution in [0.15, 0.2) is 54.7 Å². The Morgan fingerprint density at radius 3 is 2.54 bits per heavy atom. The number of nitrogens with one attached hydrogen (secondary N) is 1. The minimum absolute atomic E-state index is 0. The third-order valence-electron chi connectivity index (χ3n) is 4.64. The van der Waals surface area contributed by atoms with Crippen molar-refractivity contribution in [2.24, 2.45) is 5.73 Å². The first-order chi connectivity index (χ1) is 13.1. The molecular formula is C22H27ClN4O. The van der Waals surface area contributed by atoms with Gasteiger partial charge >= 0.3 is 0 Å². The topological polar surface area (TPSA) is 72.9 Å². The van der Waals surface area contributed by atoms with E-state index in [1.165, 1.54) is 11.1 Å². The summed E-state index contributed by atoms with van der Waals surface area (Å²) in [5.74, 6) is -0.115. The van der Waals surface area contributed by atoms with Crippen LogP contribution in [0.4, 0.5) is 0 Å². The second-order valence-corrected chi connectivity index (χ2v) is 6.77. The Bertz CT molecular complexity index is 922. The molecule has 0 spiro atoms. The lowest BCUT2D eigenvalue weighted by Crippen LogP contribution is -2.26. The first kappa shape index (κ1) is 21.7. The van der Waals surface area contributed by atoms with Crippen molar-refractivity contribution in [3.63, 3.8) is 0 Å². The largest absolute Gasteiger partial charge is 0.352 e. The number of carbonyl (C=O) groups is 1. The fraction of sp³-hybridized carbons (Fsp3) is 0.273. The summed E-state index contributed by atoms with van der Waals surface area (Å²) >= 11 is 0. The number of hydrogen-bond donors (Lipinski definition) is 2. The lowest BCUT2D eigenvalue weighted by molar-refractivity contribution is 0.0954. The van der Waals surface area contributed by atoms with Crippen LogP contribution in [-0.2, 0) is 6.54 Å². The van der Waals surface area contributed by atoms with Gasteiger partial charge in [0.25, 0.3) is 5.91 Å². The van der Waals surface area contributed by atoms with E-state index >= 15 is 0 Å². The Morgan fingerprint density at radius 2 is 1.86 bits per heavy atom. The number of hydrogen-bond acceptors (Lipinski definition) is 3. The maximum absolute atomic E-state index is 12.7. The van der Waals surface area contributed by atoms with E-state index in [1.807, 2.05) is 35.1 Å². The summed E-state index contributed by atoms with van der Waals surface area (Å²) in [5.41, 5.74) is 11.3. The first-order valence-electron chi connectivity index (χ1n) is 9.25. The number of nitrogens with zero attached hydrogens (tertiary/aromatic N) is 2. The Morgan fingerprint density at radius 1 is 1.11 bits per heavy atom. The molecule has 0 atom stereocenters. The van der Waals surface area contributed by atoms with Gasteiger partial charge in [-0.15, -0.1) is 12.4 Å². The number of rotatable bonds is 7. The second-order valence-electron chi connectivity index (χ2n) is 6.77. The number of nitrogens with two attached hydrogens (primary N) is 1. The molecule has 0 saturated carbocycles. The minimum atomic E-state index is -0.115. The molecule has 0 aliphatic carbocycles. The summed E-state index contributed by atoms with van der Waals surface area (Å²) in [4.78, 5) is 12.7. The van der Waals surface area contributed by atoms with Gasteiger partial charge < -0.3 is 11.1 Å². The Hall–Kier alpha value is -2.63. The molecule has 5 nitrogen and oxygen atoms in total. The summed E-state index contributed by atoms with van der Waals surface area (Å²) < 4.78 is 1.83. The monoisotopic (exact) mass is 398 g/mol. The number of aromatic nitrogens is 2. The molecule has 0 radical (unpaired) electrons. The van der Waals surface area contributed by atoms with Gasteiger partial charge in [0.1, 0.15) is 5.69 Å². The molecule has 3 N–H and O–H groups in total. The third-order valence-corrected chi connectivity index (χ3v) is 4.64. The molecule has 0 saturated heterocycles. The standard InChI is InChI=1S/C22H26N4O.ClH/c1-16-9-10-19(13-17(16)2)21-20(22(27)24-12-6-11-23)15-26(25-21)14-18-7-4-3-5-8-18;/h3-5,7-10,13,15H,6,11-12,14,23H2,1-2H3,(H,24,27);1H. The van der Waals surface area contributed by atoms with Gasteiger partial charge in [0, 0.05) is 18.3 Å². The van der Waals surface area contributed by atoms with Crippen LogP contribution >= 0.6 is 12.4 Å². The van der Waals surface area contributed by atoms with Crippen LogP contribution in [0.1, 0.15) is 33.5 Å². The molecule has 0 fully saturated rings. The lowest BCUT2D eigenvalue weighted by Gasteiger charge is -2.06. The van der Waals surface area contributed by atoms with Crippen LogP contribution in [0.2, 0.25) is 0 Å². The maximum atomic E-state index is 12.7. The average molecular weight is 399 g/mol. The molecule has 1 amide bonds. The summed E-state index contributed by atoms with van der Waals surface area (Å²) in [7, 11) is 0. The zero-order valence-electron chi connectivity index (χ0n) is 16.3. The number of carbonyl (C=O) groups excluding carboxylic acids is 1. The van der Waals surface area contributed by atoms with Crippen molar-refractivity contribution < 1.29 is 4.79 Å². The SMILES string of the molecule is Cc1ccc(-c2nn(Cc3ccccc3)cc2C(=O)NCCCN)cc1C.Cl. The van der Waals surface area contributed by atoms with Gasteiger partial charge in [-0.1, -0.05) is 42.5 Å². The lowest BCUT2D eigenvalue weighted by atomic mass is 10.0. The molecule has 0 aliphatic heterocycles. The molecule has 0 unspecified atom stereocenters. The highest BCUT2D eigenvalue weighted by Gasteiger charge is 2.18. The van der Waals surface area contributed by atoms with Crippen molar-refractivity contribution in [1.29, 1.82) is 0 Å². The van der Waals surface area contributed by atoms with Crippen molar-refractivity contribution in [1.82, 2.24) is 15.1 Å². The van der Waals surface area contributed by atoms with E-state index < -0.39 is 0 Å².